The smallest absolute Gasteiger partial charge is 0.317 e. The molecular weight excluding hydrogens is 372 g/mol. The Kier molecular flexibility index (Phi) is 5.84. The van der Waals surface area contributed by atoms with Gasteiger partial charge >= 0.3 is 6.03 Å². The van der Waals surface area contributed by atoms with Gasteiger partial charge in [-0.05, 0) is 35.7 Å². The summed E-state index contributed by atoms with van der Waals surface area (Å²) in [5.41, 5.74) is 3.56. The summed E-state index contributed by atoms with van der Waals surface area (Å²) < 4.78 is 0. The third kappa shape index (κ3) is 4.49. The predicted molar refractivity (Wildman–Crippen MR) is 114 cm³/mol. The maximum absolute atomic E-state index is 12.4. The van der Waals surface area contributed by atoms with Crippen molar-refractivity contribution >= 4 is 28.5 Å². The molecule has 0 atom stereocenters. The van der Waals surface area contributed by atoms with Crippen LogP contribution in [-0.2, 0) is 13.0 Å². The number of nitrogens with one attached hydrogen (secondary N) is 2. The van der Waals surface area contributed by atoms with Crippen LogP contribution in [0.1, 0.15) is 11.1 Å². The van der Waals surface area contributed by atoms with Gasteiger partial charge in [-0.1, -0.05) is 41.9 Å². The Morgan fingerprint density at radius 3 is 2.71 bits per heavy atom. The van der Waals surface area contributed by atoms with E-state index in [0.29, 0.717) is 11.6 Å². The summed E-state index contributed by atoms with van der Waals surface area (Å²) in [5, 5.41) is 4.99. The summed E-state index contributed by atoms with van der Waals surface area (Å²) in [6, 6.07) is 16.0. The Hall–Kier alpha value is -2.50. The zero-order valence-corrected chi connectivity index (χ0v) is 16.6. The van der Waals surface area contributed by atoms with Gasteiger partial charge in [0.25, 0.3) is 0 Å². The number of para-hydroxylation sites is 1. The monoisotopic (exact) mass is 396 g/mol. The first kappa shape index (κ1) is 18.8. The number of benzene rings is 2. The Balaban J connectivity index is 1.22. The van der Waals surface area contributed by atoms with Gasteiger partial charge in [0.05, 0.1) is 0 Å². The molecule has 0 bridgehead atoms. The number of amides is 2. The van der Waals surface area contributed by atoms with Crippen molar-refractivity contribution in [3.8, 4) is 0 Å². The highest BCUT2D eigenvalue weighted by molar-refractivity contribution is 6.30. The number of piperazine rings is 1. The van der Waals surface area contributed by atoms with Crippen LogP contribution >= 0.6 is 11.6 Å². The molecule has 6 heteroatoms. The summed E-state index contributed by atoms with van der Waals surface area (Å²) in [6.45, 7) is 4.85. The van der Waals surface area contributed by atoms with Crippen molar-refractivity contribution in [3.05, 3.63) is 70.9 Å². The molecule has 0 saturated carbocycles. The van der Waals surface area contributed by atoms with Crippen LogP contribution in [0.3, 0.4) is 0 Å². The van der Waals surface area contributed by atoms with E-state index in [2.05, 4.69) is 45.7 Å². The largest absolute Gasteiger partial charge is 0.361 e. The zero-order valence-electron chi connectivity index (χ0n) is 15.8. The molecule has 4 rings (SSSR count). The molecule has 2 amide bonds. The van der Waals surface area contributed by atoms with Crippen LogP contribution in [0.15, 0.2) is 54.7 Å². The van der Waals surface area contributed by atoms with Gasteiger partial charge in [0, 0.05) is 61.4 Å². The molecular formula is C22H25ClN4O. The minimum absolute atomic E-state index is 0.00347. The molecule has 0 spiro atoms. The summed E-state index contributed by atoms with van der Waals surface area (Å²) in [6.07, 6.45) is 3.13. The van der Waals surface area contributed by atoms with Crippen molar-refractivity contribution < 1.29 is 4.79 Å². The van der Waals surface area contributed by atoms with Crippen molar-refractivity contribution in [2.45, 2.75) is 13.0 Å². The standard InChI is InChI=1S/C22H25ClN4O/c23-19-5-3-4-17(14-19)15-25-22(28)27-12-10-26(11-13-27)9-8-18-16-24-21-7-2-1-6-20(18)21/h1-7,14,16,24H,8-13,15H2,(H,25,28). The van der Waals surface area contributed by atoms with Gasteiger partial charge in [0.2, 0.25) is 0 Å². The van der Waals surface area contributed by atoms with Crippen molar-refractivity contribution in [3.63, 3.8) is 0 Å². The van der Waals surface area contributed by atoms with Crippen LogP contribution in [0.25, 0.3) is 10.9 Å². The lowest BCUT2D eigenvalue weighted by atomic mass is 10.1. The molecule has 0 unspecified atom stereocenters. The molecule has 1 saturated heterocycles. The minimum Gasteiger partial charge on any atom is -0.361 e. The van der Waals surface area contributed by atoms with Gasteiger partial charge in [0.15, 0.2) is 0 Å². The van der Waals surface area contributed by atoms with Crippen LogP contribution < -0.4 is 5.32 Å². The first-order valence-corrected chi connectivity index (χ1v) is 10.1. The summed E-state index contributed by atoms with van der Waals surface area (Å²) in [4.78, 5) is 20.1. The van der Waals surface area contributed by atoms with Crippen LogP contribution in [0.2, 0.25) is 5.02 Å². The van der Waals surface area contributed by atoms with E-state index in [0.717, 1.165) is 44.7 Å². The molecule has 1 aromatic heterocycles. The number of halogens is 1. The molecule has 146 valence electrons. The fourth-order valence-electron chi connectivity index (χ4n) is 3.73. The molecule has 5 nitrogen and oxygen atoms in total. The third-order valence-electron chi connectivity index (χ3n) is 5.36. The lowest BCUT2D eigenvalue weighted by molar-refractivity contribution is 0.140. The number of carbonyl (C=O) groups excluding carboxylic acids is 1. The second-order valence-corrected chi connectivity index (χ2v) is 7.66. The number of hydrogen-bond acceptors (Lipinski definition) is 2. The van der Waals surface area contributed by atoms with Gasteiger partial charge in [-0.25, -0.2) is 4.79 Å². The maximum Gasteiger partial charge on any atom is 0.317 e. The van der Waals surface area contributed by atoms with E-state index >= 15 is 0 Å². The third-order valence-corrected chi connectivity index (χ3v) is 5.60. The number of carbonyl (C=O) groups is 1. The first-order valence-electron chi connectivity index (χ1n) is 9.73. The van der Waals surface area contributed by atoms with Gasteiger partial charge in [-0.2, -0.15) is 0 Å². The molecule has 2 N–H and O–H groups in total. The lowest BCUT2D eigenvalue weighted by Gasteiger charge is -2.34. The highest BCUT2D eigenvalue weighted by Gasteiger charge is 2.20. The molecule has 1 aliphatic rings. The van der Waals surface area contributed by atoms with Crippen LogP contribution in [0.5, 0.6) is 0 Å². The maximum atomic E-state index is 12.4. The van der Waals surface area contributed by atoms with E-state index in [1.54, 1.807) is 0 Å². The molecule has 0 radical (unpaired) electrons. The second-order valence-electron chi connectivity index (χ2n) is 7.23. The van der Waals surface area contributed by atoms with E-state index in [-0.39, 0.29) is 6.03 Å². The van der Waals surface area contributed by atoms with E-state index < -0.39 is 0 Å². The quantitative estimate of drug-likeness (QED) is 0.687. The van der Waals surface area contributed by atoms with Gasteiger partial charge < -0.3 is 15.2 Å². The van der Waals surface area contributed by atoms with E-state index in [1.165, 1.54) is 16.5 Å². The fraction of sp³-hybridized carbons (Fsp3) is 0.318. The highest BCUT2D eigenvalue weighted by atomic mass is 35.5. The number of urea groups is 1. The number of nitrogens with zero attached hydrogens (tertiary/aromatic N) is 2. The molecule has 2 aromatic carbocycles. The van der Waals surface area contributed by atoms with Gasteiger partial charge in [0.1, 0.15) is 0 Å². The number of H-pyrrole nitrogens is 1. The Labute approximate surface area is 170 Å². The molecule has 28 heavy (non-hydrogen) atoms. The van der Waals surface area contributed by atoms with E-state index in [9.17, 15) is 4.79 Å². The normalized spacial score (nSPS) is 15.1. The first-order chi connectivity index (χ1) is 13.7. The molecule has 1 fully saturated rings. The molecule has 0 aliphatic carbocycles. The number of aromatic nitrogens is 1. The van der Waals surface area contributed by atoms with Crippen molar-refractivity contribution in [1.82, 2.24) is 20.1 Å². The Morgan fingerprint density at radius 1 is 1.07 bits per heavy atom. The fourth-order valence-corrected chi connectivity index (χ4v) is 3.94. The van der Waals surface area contributed by atoms with Crippen LogP contribution in [0, 0.1) is 0 Å². The average Bonchev–Trinajstić information content (AvgIpc) is 3.14. The topological polar surface area (TPSA) is 51.4 Å². The highest BCUT2D eigenvalue weighted by Crippen LogP contribution is 2.18. The lowest BCUT2D eigenvalue weighted by Crippen LogP contribution is -2.51. The van der Waals surface area contributed by atoms with Crippen molar-refractivity contribution in [1.29, 1.82) is 0 Å². The summed E-state index contributed by atoms with van der Waals surface area (Å²) in [5.74, 6) is 0. The summed E-state index contributed by atoms with van der Waals surface area (Å²) in [7, 11) is 0. The van der Waals surface area contributed by atoms with Gasteiger partial charge in [-0.15, -0.1) is 0 Å². The Bertz CT molecular complexity index is 946. The van der Waals surface area contributed by atoms with E-state index in [4.69, 9.17) is 11.6 Å². The number of fused-ring (bicyclic) bond motifs is 1. The number of rotatable bonds is 5. The molecule has 1 aliphatic heterocycles. The van der Waals surface area contributed by atoms with E-state index in [1.807, 2.05) is 29.2 Å². The minimum atomic E-state index is -0.00347. The zero-order chi connectivity index (χ0) is 19.3. The van der Waals surface area contributed by atoms with Crippen molar-refractivity contribution in [2.75, 3.05) is 32.7 Å². The van der Waals surface area contributed by atoms with Gasteiger partial charge in [-0.3, -0.25) is 4.90 Å². The number of aromatic amines is 1. The second kappa shape index (κ2) is 8.67. The SMILES string of the molecule is O=C(NCc1cccc(Cl)c1)N1CCN(CCc2c[nH]c3ccccc23)CC1. The van der Waals surface area contributed by atoms with Crippen molar-refractivity contribution in [2.24, 2.45) is 0 Å². The molecule has 2 heterocycles. The average molecular weight is 397 g/mol. The predicted octanol–water partition coefficient (Wildman–Crippen LogP) is 3.89. The van der Waals surface area contributed by atoms with Crippen LogP contribution in [-0.4, -0.2) is 53.5 Å². The number of hydrogen-bond donors (Lipinski definition) is 2. The summed E-state index contributed by atoms with van der Waals surface area (Å²) >= 11 is 5.99. The Morgan fingerprint density at radius 2 is 1.89 bits per heavy atom. The molecule has 3 aromatic rings. The van der Waals surface area contributed by atoms with Crippen LogP contribution in [0.4, 0.5) is 4.79 Å².